The fourth-order valence-corrected chi connectivity index (χ4v) is 4.30. The summed E-state index contributed by atoms with van der Waals surface area (Å²) in [5.41, 5.74) is 1.86. The number of piperidine rings is 1. The van der Waals surface area contributed by atoms with E-state index < -0.39 is 0 Å². The van der Waals surface area contributed by atoms with Crippen molar-refractivity contribution in [3.63, 3.8) is 0 Å². The lowest BCUT2D eigenvalue weighted by Gasteiger charge is -2.31. The van der Waals surface area contributed by atoms with Gasteiger partial charge in [0.05, 0.1) is 17.3 Å². The lowest BCUT2D eigenvalue weighted by molar-refractivity contribution is -0.120. The van der Waals surface area contributed by atoms with E-state index in [4.69, 9.17) is 9.72 Å². The highest BCUT2D eigenvalue weighted by molar-refractivity contribution is 7.22. The lowest BCUT2D eigenvalue weighted by Crippen LogP contribution is -2.38. The van der Waals surface area contributed by atoms with Gasteiger partial charge in [-0.2, -0.15) is 0 Å². The topological polar surface area (TPSA) is 54.5 Å². The van der Waals surface area contributed by atoms with Crippen molar-refractivity contribution < 1.29 is 9.53 Å². The number of fused-ring (bicyclic) bond motifs is 1. The van der Waals surface area contributed by atoms with E-state index in [1.54, 1.807) is 18.4 Å². The van der Waals surface area contributed by atoms with E-state index in [9.17, 15) is 4.79 Å². The van der Waals surface area contributed by atoms with Crippen LogP contribution < -0.4 is 15.0 Å². The Morgan fingerprint density at radius 2 is 1.96 bits per heavy atom. The molecule has 1 fully saturated rings. The van der Waals surface area contributed by atoms with Crippen molar-refractivity contribution in [1.29, 1.82) is 0 Å². The highest BCUT2D eigenvalue weighted by Crippen LogP contribution is 2.33. The van der Waals surface area contributed by atoms with Crippen LogP contribution in [-0.2, 0) is 4.79 Å². The number of amides is 1. The van der Waals surface area contributed by atoms with Crippen LogP contribution in [0.25, 0.3) is 10.2 Å². The number of nitrogens with zero attached hydrogens (tertiary/aromatic N) is 2. The smallest absolute Gasteiger partial charge is 0.227 e. The Bertz CT molecular complexity index is 902. The number of para-hydroxylation sites is 1. The van der Waals surface area contributed by atoms with E-state index in [1.165, 1.54) is 0 Å². The number of carbonyl (C=O) groups excluding carboxylic acids is 1. The SMILES string of the molecule is COc1ccc2nc(N3CCC(C(=O)Nc4ccccc4)CC3)sc2c1. The number of anilines is 2. The first-order valence-electron chi connectivity index (χ1n) is 8.78. The van der Waals surface area contributed by atoms with Gasteiger partial charge in [0.2, 0.25) is 5.91 Å². The zero-order chi connectivity index (χ0) is 17.9. The van der Waals surface area contributed by atoms with Gasteiger partial charge in [-0.15, -0.1) is 0 Å². The van der Waals surface area contributed by atoms with Crippen LogP contribution in [0.2, 0.25) is 0 Å². The standard InChI is InChI=1S/C20H21N3O2S/c1-25-16-7-8-17-18(13-16)26-20(22-17)23-11-9-14(10-12-23)19(24)21-15-5-3-2-4-6-15/h2-8,13-14H,9-12H2,1H3,(H,21,24). The number of ether oxygens (including phenoxy) is 1. The summed E-state index contributed by atoms with van der Waals surface area (Å²) in [7, 11) is 1.67. The van der Waals surface area contributed by atoms with Crippen LogP contribution in [0.5, 0.6) is 5.75 Å². The number of methoxy groups -OCH3 is 1. The van der Waals surface area contributed by atoms with Crippen molar-refractivity contribution in [2.24, 2.45) is 5.92 Å². The van der Waals surface area contributed by atoms with Crippen LogP contribution in [0.4, 0.5) is 10.8 Å². The van der Waals surface area contributed by atoms with Crippen molar-refractivity contribution in [3.8, 4) is 5.75 Å². The molecule has 2 aromatic carbocycles. The van der Waals surface area contributed by atoms with E-state index in [-0.39, 0.29) is 11.8 Å². The molecule has 0 unspecified atom stereocenters. The number of nitrogens with one attached hydrogen (secondary N) is 1. The lowest BCUT2D eigenvalue weighted by atomic mass is 9.96. The minimum absolute atomic E-state index is 0.0564. The minimum Gasteiger partial charge on any atom is -0.497 e. The first-order valence-corrected chi connectivity index (χ1v) is 9.60. The molecule has 1 saturated heterocycles. The number of hydrogen-bond acceptors (Lipinski definition) is 5. The van der Waals surface area contributed by atoms with Gasteiger partial charge < -0.3 is 15.0 Å². The van der Waals surface area contributed by atoms with Crippen molar-refractivity contribution in [3.05, 3.63) is 48.5 Å². The summed E-state index contributed by atoms with van der Waals surface area (Å²) in [5, 5.41) is 4.04. The van der Waals surface area contributed by atoms with E-state index in [1.807, 2.05) is 48.5 Å². The number of benzene rings is 2. The van der Waals surface area contributed by atoms with E-state index in [0.717, 1.165) is 52.7 Å². The molecule has 26 heavy (non-hydrogen) atoms. The summed E-state index contributed by atoms with van der Waals surface area (Å²) in [6, 6.07) is 15.6. The van der Waals surface area contributed by atoms with Crippen molar-refractivity contribution in [1.82, 2.24) is 4.98 Å². The van der Waals surface area contributed by atoms with Gasteiger partial charge in [-0.3, -0.25) is 4.79 Å². The predicted molar refractivity (Wildman–Crippen MR) is 106 cm³/mol. The molecule has 3 aromatic rings. The average molecular weight is 367 g/mol. The molecule has 1 aromatic heterocycles. The second-order valence-electron chi connectivity index (χ2n) is 6.45. The van der Waals surface area contributed by atoms with Gasteiger partial charge in [-0.25, -0.2) is 4.98 Å². The predicted octanol–water partition coefficient (Wildman–Crippen LogP) is 4.16. The van der Waals surface area contributed by atoms with Gasteiger partial charge >= 0.3 is 0 Å². The van der Waals surface area contributed by atoms with Crippen LogP contribution in [0, 0.1) is 5.92 Å². The molecular formula is C20H21N3O2S. The van der Waals surface area contributed by atoms with E-state index in [2.05, 4.69) is 10.2 Å². The molecule has 2 heterocycles. The second-order valence-corrected chi connectivity index (χ2v) is 7.46. The molecule has 0 bridgehead atoms. The molecule has 1 aliphatic rings. The maximum absolute atomic E-state index is 12.5. The van der Waals surface area contributed by atoms with Crippen LogP contribution >= 0.6 is 11.3 Å². The molecule has 5 nitrogen and oxygen atoms in total. The molecule has 4 rings (SSSR count). The highest BCUT2D eigenvalue weighted by Gasteiger charge is 2.26. The fourth-order valence-electron chi connectivity index (χ4n) is 3.25. The third-order valence-electron chi connectivity index (χ3n) is 4.76. The Labute approximate surface area is 156 Å². The molecule has 134 valence electrons. The molecule has 0 atom stereocenters. The van der Waals surface area contributed by atoms with E-state index >= 15 is 0 Å². The van der Waals surface area contributed by atoms with Gasteiger partial charge in [0.1, 0.15) is 5.75 Å². The molecule has 6 heteroatoms. The van der Waals surface area contributed by atoms with Gasteiger partial charge in [0, 0.05) is 24.7 Å². The zero-order valence-corrected chi connectivity index (χ0v) is 15.5. The highest BCUT2D eigenvalue weighted by atomic mass is 32.1. The Kier molecular flexibility index (Phi) is 4.75. The van der Waals surface area contributed by atoms with Crippen molar-refractivity contribution in [2.75, 3.05) is 30.4 Å². The second kappa shape index (κ2) is 7.33. The normalized spacial score (nSPS) is 15.2. The van der Waals surface area contributed by atoms with Crippen LogP contribution in [0.15, 0.2) is 48.5 Å². The summed E-state index contributed by atoms with van der Waals surface area (Å²) in [4.78, 5) is 19.5. The van der Waals surface area contributed by atoms with Crippen molar-refractivity contribution >= 4 is 38.3 Å². The summed E-state index contributed by atoms with van der Waals surface area (Å²) in [6.07, 6.45) is 1.69. The minimum atomic E-state index is 0.0564. The molecule has 1 N–H and O–H groups in total. The number of thiazole rings is 1. The largest absolute Gasteiger partial charge is 0.497 e. The molecular weight excluding hydrogens is 346 g/mol. The van der Waals surface area contributed by atoms with Gasteiger partial charge in [-0.05, 0) is 43.2 Å². The summed E-state index contributed by atoms with van der Waals surface area (Å²) in [6.45, 7) is 1.70. The number of rotatable bonds is 4. The summed E-state index contributed by atoms with van der Waals surface area (Å²) >= 11 is 1.68. The quantitative estimate of drug-likeness (QED) is 0.752. The summed E-state index contributed by atoms with van der Waals surface area (Å²) < 4.78 is 6.42. The first kappa shape index (κ1) is 16.8. The molecule has 0 spiro atoms. The van der Waals surface area contributed by atoms with Crippen molar-refractivity contribution in [2.45, 2.75) is 12.8 Å². The number of hydrogen-bond donors (Lipinski definition) is 1. The number of aromatic nitrogens is 1. The zero-order valence-electron chi connectivity index (χ0n) is 14.6. The Balaban J connectivity index is 1.39. The van der Waals surface area contributed by atoms with Gasteiger partial charge in [0.25, 0.3) is 0 Å². The number of carbonyl (C=O) groups is 1. The van der Waals surface area contributed by atoms with Crippen LogP contribution in [0.1, 0.15) is 12.8 Å². The Hall–Kier alpha value is -2.60. The van der Waals surface area contributed by atoms with E-state index in [0.29, 0.717) is 0 Å². The monoisotopic (exact) mass is 367 g/mol. The molecule has 1 aliphatic heterocycles. The third-order valence-corrected chi connectivity index (χ3v) is 5.84. The van der Waals surface area contributed by atoms with Crippen LogP contribution in [0.3, 0.4) is 0 Å². The van der Waals surface area contributed by atoms with Gasteiger partial charge in [0.15, 0.2) is 5.13 Å². The Morgan fingerprint density at radius 3 is 2.69 bits per heavy atom. The molecule has 0 saturated carbocycles. The third kappa shape index (κ3) is 3.51. The van der Waals surface area contributed by atoms with Gasteiger partial charge in [-0.1, -0.05) is 29.5 Å². The maximum Gasteiger partial charge on any atom is 0.227 e. The average Bonchev–Trinajstić information content (AvgIpc) is 3.12. The molecule has 1 amide bonds. The maximum atomic E-state index is 12.5. The first-order chi connectivity index (χ1) is 12.7. The molecule has 0 aliphatic carbocycles. The summed E-state index contributed by atoms with van der Waals surface area (Å²) in [5.74, 6) is 1.02. The fraction of sp³-hybridized carbons (Fsp3) is 0.300. The molecule has 0 radical (unpaired) electrons. The van der Waals surface area contributed by atoms with Crippen LogP contribution in [-0.4, -0.2) is 31.1 Å². The Morgan fingerprint density at radius 1 is 1.19 bits per heavy atom.